The van der Waals surface area contributed by atoms with Crippen LogP contribution in [0.25, 0.3) is 5.69 Å². The van der Waals surface area contributed by atoms with E-state index in [1.165, 1.54) is 4.68 Å². The first kappa shape index (κ1) is 24.3. The maximum Gasteiger partial charge on any atom is 0.311 e. The van der Waals surface area contributed by atoms with E-state index in [4.69, 9.17) is 4.74 Å². The summed E-state index contributed by atoms with van der Waals surface area (Å²) in [5, 5.41) is 4.45. The minimum Gasteiger partial charge on any atom is -0.497 e. The van der Waals surface area contributed by atoms with Gasteiger partial charge in [0.2, 0.25) is 0 Å². The molecule has 0 bridgehead atoms. The molecule has 1 spiro atoms. The zero-order chi connectivity index (χ0) is 26.7. The number of allylic oxidation sites excluding steroid dienone is 2. The van der Waals surface area contributed by atoms with E-state index in [0.29, 0.717) is 35.8 Å². The number of rotatable bonds is 6. The van der Waals surface area contributed by atoms with Crippen molar-refractivity contribution in [1.29, 1.82) is 0 Å². The van der Waals surface area contributed by atoms with Crippen molar-refractivity contribution in [2.75, 3.05) is 31.4 Å². The van der Waals surface area contributed by atoms with Crippen molar-refractivity contribution in [3.63, 3.8) is 0 Å². The van der Waals surface area contributed by atoms with E-state index in [0.717, 1.165) is 31.2 Å². The number of hydrogen-bond donors (Lipinski definition) is 0. The number of benzene rings is 2. The third-order valence-electron chi connectivity index (χ3n) is 7.65. The van der Waals surface area contributed by atoms with E-state index in [9.17, 15) is 18.0 Å². The van der Waals surface area contributed by atoms with Crippen molar-refractivity contribution in [3.05, 3.63) is 84.2 Å². The van der Waals surface area contributed by atoms with E-state index < -0.39 is 15.3 Å². The normalized spacial score (nSPS) is 21.4. The molecule has 0 radical (unpaired) electrons. The van der Waals surface area contributed by atoms with Gasteiger partial charge in [-0.2, -0.15) is 5.10 Å². The lowest BCUT2D eigenvalue weighted by atomic mass is 9.90. The van der Waals surface area contributed by atoms with Crippen LogP contribution in [0, 0.1) is 0 Å². The number of aromatic nitrogens is 2. The van der Waals surface area contributed by atoms with Crippen LogP contribution in [0.5, 0.6) is 5.75 Å². The van der Waals surface area contributed by atoms with Crippen LogP contribution in [0.4, 0.5) is 11.4 Å². The van der Waals surface area contributed by atoms with Crippen LogP contribution in [0.2, 0.25) is 0 Å². The molecule has 2 amide bonds. The van der Waals surface area contributed by atoms with Gasteiger partial charge in [-0.15, -0.1) is 0 Å². The molecule has 1 atom stereocenters. The highest BCUT2D eigenvalue weighted by atomic mass is 32.2. The quantitative estimate of drug-likeness (QED) is 0.357. The summed E-state index contributed by atoms with van der Waals surface area (Å²) in [4.78, 5) is 27.8. The minimum atomic E-state index is -3.68. The fourth-order valence-corrected chi connectivity index (χ4v) is 6.32. The van der Waals surface area contributed by atoms with E-state index in [1.807, 2.05) is 48.7 Å². The third kappa shape index (κ3) is 3.71. The number of quaternary nitrogens is 1. The Morgan fingerprint density at radius 3 is 2.26 bits per heavy atom. The summed E-state index contributed by atoms with van der Waals surface area (Å²) >= 11 is 0. The number of carbonyl (C=O) groups excluding carboxylic acids is 2. The van der Waals surface area contributed by atoms with Crippen LogP contribution in [0.1, 0.15) is 28.9 Å². The van der Waals surface area contributed by atoms with Gasteiger partial charge in [-0.3, -0.25) is 4.79 Å². The predicted octanol–water partition coefficient (Wildman–Crippen LogP) is 3.52. The number of methoxy groups -OCH3 is 1. The second-order valence-electron chi connectivity index (χ2n) is 10.1. The van der Waals surface area contributed by atoms with Crippen molar-refractivity contribution in [3.8, 4) is 11.4 Å². The van der Waals surface area contributed by atoms with Crippen molar-refractivity contribution in [1.82, 2.24) is 14.3 Å². The number of fused-ring (bicyclic) bond motifs is 2. The largest absolute Gasteiger partial charge is 0.497 e. The van der Waals surface area contributed by atoms with Gasteiger partial charge in [0, 0.05) is 41.6 Å². The average molecular weight is 532 g/mol. The first-order valence-corrected chi connectivity index (χ1v) is 14.2. The molecular formula is C28H27N4O5S+. The SMILES string of the molecule is COc1ccc(-n2nc(S(C)(=O)=O)c3c2C(=O)N(c2ccc([N+]4(C=O)C=CC=CC4)cc2)CC32CC2)cc1. The lowest BCUT2D eigenvalue weighted by Gasteiger charge is -2.34. The van der Waals surface area contributed by atoms with E-state index >= 15 is 0 Å². The van der Waals surface area contributed by atoms with Gasteiger partial charge >= 0.3 is 6.41 Å². The van der Waals surface area contributed by atoms with Crippen molar-refractivity contribution in [2.24, 2.45) is 0 Å². The summed E-state index contributed by atoms with van der Waals surface area (Å²) in [6.45, 7) is 0.884. The first-order chi connectivity index (χ1) is 18.2. The number of sulfone groups is 1. The summed E-state index contributed by atoms with van der Waals surface area (Å²) in [5.41, 5.74) is 2.36. The fraction of sp³-hybridized carbons (Fsp3) is 0.250. The Hall–Kier alpha value is -4.02. The zero-order valence-electron chi connectivity index (χ0n) is 21.1. The Bertz CT molecular complexity index is 1620. The van der Waals surface area contributed by atoms with Crippen molar-refractivity contribution in [2.45, 2.75) is 23.3 Å². The van der Waals surface area contributed by atoms with Gasteiger partial charge in [-0.1, -0.05) is 6.08 Å². The molecule has 3 aromatic rings. The summed E-state index contributed by atoms with van der Waals surface area (Å²) in [7, 11) is -2.12. The average Bonchev–Trinajstić information content (AvgIpc) is 3.58. The Labute approximate surface area is 220 Å². The number of ether oxygens (including phenoxy) is 1. The number of carbonyl (C=O) groups is 2. The zero-order valence-corrected chi connectivity index (χ0v) is 21.9. The molecule has 10 heteroatoms. The Morgan fingerprint density at radius 2 is 1.71 bits per heavy atom. The van der Waals surface area contributed by atoms with E-state index in [1.54, 1.807) is 36.3 Å². The van der Waals surface area contributed by atoms with Gasteiger partial charge < -0.3 is 9.64 Å². The molecule has 194 valence electrons. The summed E-state index contributed by atoms with van der Waals surface area (Å²) in [6, 6.07) is 14.4. The second-order valence-corrected chi connectivity index (χ2v) is 12.0. The van der Waals surface area contributed by atoms with Crippen LogP contribution in [0.15, 0.2) is 78.0 Å². The summed E-state index contributed by atoms with van der Waals surface area (Å²) in [5.74, 6) is 0.322. The van der Waals surface area contributed by atoms with Crippen LogP contribution >= 0.6 is 0 Å². The van der Waals surface area contributed by atoms with Gasteiger partial charge in [-0.25, -0.2) is 22.4 Å². The third-order valence-corrected chi connectivity index (χ3v) is 8.64. The van der Waals surface area contributed by atoms with Gasteiger partial charge in [0.1, 0.15) is 29.9 Å². The standard InChI is InChI=1S/C28H27N4O5S/c1-37-23-12-8-21(9-13-23)31-25-24(26(29-31)38(2,35)36)28(14-15-28)18-30(27(25)34)20-6-10-22(11-7-20)32(19-33)16-4-3-5-17-32/h3-13,16,19H,14-15,17-18H2,1-2H3/q+1. The van der Waals surface area contributed by atoms with E-state index in [-0.39, 0.29) is 21.1 Å². The lowest BCUT2D eigenvalue weighted by molar-refractivity contribution is -0.115. The molecule has 3 heterocycles. The maximum absolute atomic E-state index is 14.1. The second kappa shape index (κ2) is 8.50. The van der Waals surface area contributed by atoms with Crippen LogP contribution < -0.4 is 14.1 Å². The molecule has 1 aliphatic carbocycles. The topological polar surface area (TPSA) is 98.6 Å². The number of anilines is 1. The van der Waals surface area contributed by atoms with Crippen LogP contribution in [-0.4, -0.2) is 57.0 Å². The van der Waals surface area contributed by atoms with Gasteiger partial charge in [0.25, 0.3) is 5.91 Å². The van der Waals surface area contributed by atoms with E-state index in [2.05, 4.69) is 5.10 Å². The maximum atomic E-state index is 14.1. The first-order valence-electron chi connectivity index (χ1n) is 12.3. The van der Waals surface area contributed by atoms with Gasteiger partial charge in [-0.05, 0) is 61.4 Å². The number of nitrogens with zero attached hydrogens (tertiary/aromatic N) is 4. The van der Waals surface area contributed by atoms with Gasteiger partial charge in [0.15, 0.2) is 14.9 Å². The summed E-state index contributed by atoms with van der Waals surface area (Å²) in [6.07, 6.45) is 11.1. The highest BCUT2D eigenvalue weighted by molar-refractivity contribution is 7.90. The fourth-order valence-electron chi connectivity index (χ4n) is 5.41. The molecule has 6 rings (SSSR count). The molecule has 0 N–H and O–H groups in total. The van der Waals surface area contributed by atoms with Crippen LogP contribution in [0.3, 0.4) is 0 Å². The molecule has 0 saturated heterocycles. The highest BCUT2D eigenvalue weighted by Gasteiger charge is 2.56. The smallest absolute Gasteiger partial charge is 0.311 e. The van der Waals surface area contributed by atoms with Crippen molar-refractivity contribution >= 4 is 33.5 Å². The van der Waals surface area contributed by atoms with Gasteiger partial charge in [0.05, 0.1) is 12.8 Å². The summed E-state index contributed by atoms with van der Waals surface area (Å²) < 4.78 is 32.4. The Morgan fingerprint density at radius 1 is 1.03 bits per heavy atom. The Balaban J connectivity index is 1.45. The number of amides is 2. The lowest BCUT2D eigenvalue weighted by Crippen LogP contribution is -2.45. The molecule has 38 heavy (non-hydrogen) atoms. The molecule has 1 aromatic heterocycles. The monoisotopic (exact) mass is 531 g/mol. The molecule has 2 aromatic carbocycles. The number of hydrogen-bond acceptors (Lipinski definition) is 6. The predicted molar refractivity (Wildman–Crippen MR) is 143 cm³/mol. The van der Waals surface area contributed by atoms with Crippen LogP contribution in [-0.2, 0) is 20.0 Å². The molecular weight excluding hydrogens is 504 g/mol. The molecule has 1 saturated carbocycles. The molecule has 1 unspecified atom stereocenters. The molecule has 9 nitrogen and oxygen atoms in total. The van der Waals surface area contributed by atoms with Crippen molar-refractivity contribution < 1.29 is 22.7 Å². The molecule has 1 fully saturated rings. The molecule has 3 aliphatic rings. The highest BCUT2D eigenvalue weighted by Crippen LogP contribution is 2.55. The Kier molecular flexibility index (Phi) is 5.44. The molecule has 2 aliphatic heterocycles. The minimum absolute atomic E-state index is 0.0356.